The minimum atomic E-state index is -0.961. The van der Waals surface area contributed by atoms with Gasteiger partial charge in [-0.3, -0.25) is 9.78 Å². The molecule has 0 bridgehead atoms. The van der Waals surface area contributed by atoms with Gasteiger partial charge < -0.3 is 5.11 Å². The van der Waals surface area contributed by atoms with E-state index in [4.69, 9.17) is 0 Å². The molecule has 18 heavy (non-hydrogen) atoms. The molecular formula is C15H17NO2. The van der Waals surface area contributed by atoms with Crippen LogP contribution in [-0.2, 0) is 16.6 Å². The minimum absolute atomic E-state index is 0.590. The summed E-state index contributed by atoms with van der Waals surface area (Å²) in [4.78, 5) is 15.7. The first kappa shape index (κ1) is 12.6. The van der Waals surface area contributed by atoms with E-state index in [0.717, 1.165) is 17.3 Å². The van der Waals surface area contributed by atoms with Gasteiger partial charge in [-0.25, -0.2) is 0 Å². The third-order valence-electron chi connectivity index (χ3n) is 3.34. The zero-order valence-electron chi connectivity index (χ0n) is 10.9. The fourth-order valence-corrected chi connectivity index (χ4v) is 1.85. The number of carboxylic acids is 1. The normalized spacial score (nSPS) is 11.7. The van der Waals surface area contributed by atoms with Gasteiger partial charge in [0.2, 0.25) is 0 Å². The van der Waals surface area contributed by atoms with Crippen LogP contribution >= 0.6 is 0 Å². The predicted octanol–water partition coefficient (Wildman–Crippen LogP) is 3.16. The van der Waals surface area contributed by atoms with Crippen molar-refractivity contribution in [3.05, 3.63) is 41.6 Å². The molecule has 0 radical (unpaired) electrons. The fraction of sp³-hybridized carbons (Fsp3) is 0.333. The van der Waals surface area contributed by atoms with E-state index in [1.807, 2.05) is 18.2 Å². The molecule has 0 atom stereocenters. The number of carboxylic acid groups (broad SMARTS) is 1. The highest BCUT2D eigenvalue weighted by atomic mass is 16.4. The van der Waals surface area contributed by atoms with Crippen molar-refractivity contribution in [1.82, 2.24) is 4.98 Å². The molecule has 0 saturated carbocycles. The zero-order chi connectivity index (χ0) is 13.3. The highest BCUT2D eigenvalue weighted by Crippen LogP contribution is 2.24. The van der Waals surface area contributed by atoms with Crippen molar-refractivity contribution in [3.8, 4) is 0 Å². The van der Waals surface area contributed by atoms with E-state index in [-0.39, 0.29) is 0 Å². The molecule has 1 heterocycles. The molecule has 2 rings (SSSR count). The Morgan fingerprint density at radius 1 is 1.28 bits per heavy atom. The van der Waals surface area contributed by atoms with Crippen LogP contribution in [0, 0.1) is 0 Å². The topological polar surface area (TPSA) is 50.2 Å². The fourth-order valence-electron chi connectivity index (χ4n) is 1.85. The van der Waals surface area contributed by atoms with Crippen LogP contribution in [0.5, 0.6) is 0 Å². The molecule has 0 amide bonds. The quantitative estimate of drug-likeness (QED) is 0.900. The standard InChI is InChI=1S/C15H17NO2/c1-4-10-5-7-12-11(9-10)6-8-13(16-12)15(2,3)14(17)18/h5-9H,4H2,1-3H3,(H,17,18). The van der Waals surface area contributed by atoms with Gasteiger partial charge in [0.1, 0.15) is 5.41 Å². The Morgan fingerprint density at radius 3 is 2.61 bits per heavy atom. The first-order valence-electron chi connectivity index (χ1n) is 6.08. The molecule has 0 aliphatic heterocycles. The second-order valence-corrected chi connectivity index (χ2v) is 5.01. The Balaban J connectivity index is 2.55. The predicted molar refractivity (Wildman–Crippen MR) is 71.8 cm³/mol. The van der Waals surface area contributed by atoms with Gasteiger partial charge in [-0.05, 0) is 44.0 Å². The number of hydrogen-bond acceptors (Lipinski definition) is 2. The Morgan fingerprint density at radius 2 is 2.00 bits per heavy atom. The number of rotatable bonds is 3. The average Bonchev–Trinajstić information content (AvgIpc) is 2.37. The molecule has 0 aliphatic rings. The first-order chi connectivity index (χ1) is 8.45. The zero-order valence-corrected chi connectivity index (χ0v) is 10.9. The molecule has 1 N–H and O–H groups in total. The van der Waals surface area contributed by atoms with Crippen molar-refractivity contribution in [2.24, 2.45) is 0 Å². The molecular weight excluding hydrogens is 226 g/mol. The lowest BCUT2D eigenvalue weighted by Gasteiger charge is -2.18. The third-order valence-corrected chi connectivity index (χ3v) is 3.34. The molecule has 0 spiro atoms. The smallest absolute Gasteiger partial charge is 0.315 e. The van der Waals surface area contributed by atoms with Gasteiger partial charge in [0.25, 0.3) is 0 Å². The molecule has 3 heteroatoms. The van der Waals surface area contributed by atoms with Gasteiger partial charge in [0.15, 0.2) is 0 Å². The van der Waals surface area contributed by atoms with Crippen LogP contribution < -0.4 is 0 Å². The molecule has 0 unspecified atom stereocenters. The number of nitrogens with zero attached hydrogens (tertiary/aromatic N) is 1. The van der Waals surface area contributed by atoms with Gasteiger partial charge in [-0.2, -0.15) is 0 Å². The van der Waals surface area contributed by atoms with E-state index in [9.17, 15) is 9.90 Å². The summed E-state index contributed by atoms with van der Waals surface area (Å²) in [6.07, 6.45) is 0.984. The van der Waals surface area contributed by atoms with E-state index in [1.165, 1.54) is 5.56 Å². The van der Waals surface area contributed by atoms with Gasteiger partial charge in [0, 0.05) is 5.39 Å². The van der Waals surface area contributed by atoms with E-state index < -0.39 is 11.4 Å². The van der Waals surface area contributed by atoms with Crippen LogP contribution in [0.25, 0.3) is 10.9 Å². The molecule has 1 aromatic carbocycles. The van der Waals surface area contributed by atoms with Crippen molar-refractivity contribution >= 4 is 16.9 Å². The summed E-state index contributed by atoms with van der Waals surface area (Å²) in [6, 6.07) is 9.83. The van der Waals surface area contributed by atoms with E-state index in [0.29, 0.717) is 5.69 Å². The SMILES string of the molecule is CCc1ccc2nc(C(C)(C)C(=O)O)ccc2c1. The second-order valence-electron chi connectivity index (χ2n) is 5.01. The van der Waals surface area contributed by atoms with Gasteiger partial charge >= 0.3 is 5.97 Å². The summed E-state index contributed by atoms with van der Waals surface area (Å²) in [5.41, 5.74) is 1.73. The molecule has 0 fully saturated rings. The lowest BCUT2D eigenvalue weighted by atomic mass is 9.88. The van der Waals surface area contributed by atoms with Gasteiger partial charge in [0.05, 0.1) is 11.2 Å². The number of aryl methyl sites for hydroxylation is 1. The monoisotopic (exact) mass is 243 g/mol. The highest BCUT2D eigenvalue weighted by molar-refractivity contribution is 5.83. The number of fused-ring (bicyclic) bond motifs is 1. The molecule has 1 aromatic heterocycles. The third kappa shape index (κ3) is 2.08. The van der Waals surface area contributed by atoms with Crippen molar-refractivity contribution in [1.29, 1.82) is 0 Å². The van der Waals surface area contributed by atoms with Crippen LogP contribution in [0.2, 0.25) is 0 Å². The largest absolute Gasteiger partial charge is 0.481 e. The Bertz CT molecular complexity index is 602. The number of pyridine rings is 1. The number of aromatic nitrogens is 1. The minimum Gasteiger partial charge on any atom is -0.481 e. The molecule has 2 aromatic rings. The van der Waals surface area contributed by atoms with Gasteiger partial charge in [-0.15, -0.1) is 0 Å². The summed E-state index contributed by atoms with van der Waals surface area (Å²) in [7, 11) is 0. The van der Waals surface area contributed by atoms with Crippen LogP contribution in [0.1, 0.15) is 32.0 Å². The average molecular weight is 243 g/mol. The van der Waals surface area contributed by atoms with Crippen LogP contribution in [0.15, 0.2) is 30.3 Å². The maximum Gasteiger partial charge on any atom is 0.315 e. The number of benzene rings is 1. The Labute approximate surface area is 106 Å². The lowest BCUT2D eigenvalue weighted by molar-refractivity contribution is -0.142. The second kappa shape index (κ2) is 4.41. The van der Waals surface area contributed by atoms with Crippen molar-refractivity contribution in [2.45, 2.75) is 32.6 Å². The highest BCUT2D eigenvalue weighted by Gasteiger charge is 2.30. The number of aliphatic carboxylic acids is 1. The van der Waals surface area contributed by atoms with E-state index in [1.54, 1.807) is 19.9 Å². The Kier molecular flexibility index (Phi) is 3.07. The van der Waals surface area contributed by atoms with Crippen molar-refractivity contribution in [3.63, 3.8) is 0 Å². The molecule has 0 saturated heterocycles. The van der Waals surface area contributed by atoms with Gasteiger partial charge in [-0.1, -0.05) is 19.1 Å². The van der Waals surface area contributed by atoms with Crippen LogP contribution in [0.3, 0.4) is 0 Å². The summed E-state index contributed by atoms with van der Waals surface area (Å²) < 4.78 is 0. The summed E-state index contributed by atoms with van der Waals surface area (Å²) >= 11 is 0. The molecule has 3 nitrogen and oxygen atoms in total. The summed E-state index contributed by atoms with van der Waals surface area (Å²) in [5.74, 6) is -0.862. The summed E-state index contributed by atoms with van der Waals surface area (Å²) in [6.45, 7) is 5.45. The van der Waals surface area contributed by atoms with E-state index >= 15 is 0 Å². The maximum atomic E-state index is 11.2. The Hall–Kier alpha value is -1.90. The number of carbonyl (C=O) groups is 1. The molecule has 0 aliphatic carbocycles. The van der Waals surface area contributed by atoms with Crippen LogP contribution in [0.4, 0.5) is 0 Å². The maximum absolute atomic E-state index is 11.2. The van der Waals surface area contributed by atoms with Crippen LogP contribution in [-0.4, -0.2) is 16.1 Å². The lowest BCUT2D eigenvalue weighted by Crippen LogP contribution is -2.29. The van der Waals surface area contributed by atoms with Crippen molar-refractivity contribution in [2.75, 3.05) is 0 Å². The number of hydrogen-bond donors (Lipinski definition) is 1. The van der Waals surface area contributed by atoms with Crippen molar-refractivity contribution < 1.29 is 9.90 Å². The molecule has 94 valence electrons. The summed E-state index contributed by atoms with van der Waals surface area (Å²) in [5, 5.41) is 10.3. The first-order valence-corrected chi connectivity index (χ1v) is 6.08. The van der Waals surface area contributed by atoms with E-state index in [2.05, 4.69) is 18.0 Å².